The molecule has 0 atom stereocenters. The normalized spacial score (nSPS) is 13.2. The maximum absolute atomic E-state index is 13.0. The Labute approximate surface area is 148 Å². The molecule has 1 heterocycles. The number of hydrogen-bond acceptors (Lipinski definition) is 4. The van der Waals surface area contributed by atoms with Crippen molar-refractivity contribution in [3.63, 3.8) is 0 Å². The van der Waals surface area contributed by atoms with Gasteiger partial charge in [0.2, 0.25) is 5.91 Å². The predicted octanol–water partition coefficient (Wildman–Crippen LogP) is 4.37. The first-order valence-corrected chi connectivity index (χ1v) is 8.75. The van der Waals surface area contributed by atoms with Crippen LogP contribution < -0.4 is 14.8 Å². The zero-order valence-electron chi connectivity index (χ0n) is 12.7. The van der Waals surface area contributed by atoms with E-state index >= 15 is 0 Å². The molecule has 1 amide bonds. The van der Waals surface area contributed by atoms with Crippen molar-refractivity contribution in [3.05, 3.63) is 47.2 Å². The predicted molar refractivity (Wildman–Crippen MR) is 92.8 cm³/mol. The molecule has 3 rings (SSSR count). The van der Waals surface area contributed by atoms with Gasteiger partial charge in [0.05, 0.1) is 29.7 Å². The number of amides is 1. The van der Waals surface area contributed by atoms with Crippen LogP contribution in [0.25, 0.3) is 0 Å². The third kappa shape index (κ3) is 4.33. The Morgan fingerprint density at radius 2 is 1.96 bits per heavy atom. The average molecular weight is 368 g/mol. The fourth-order valence-corrected chi connectivity index (χ4v) is 3.10. The molecule has 24 heavy (non-hydrogen) atoms. The van der Waals surface area contributed by atoms with Crippen molar-refractivity contribution in [2.45, 2.75) is 11.3 Å². The van der Waals surface area contributed by atoms with Crippen LogP contribution in [0, 0.1) is 5.82 Å². The smallest absolute Gasteiger partial charge is 0.234 e. The van der Waals surface area contributed by atoms with Crippen molar-refractivity contribution in [1.29, 1.82) is 0 Å². The van der Waals surface area contributed by atoms with Gasteiger partial charge >= 0.3 is 0 Å². The molecule has 7 heteroatoms. The fraction of sp³-hybridized carbons (Fsp3) is 0.235. The number of anilines is 1. The molecule has 0 bridgehead atoms. The summed E-state index contributed by atoms with van der Waals surface area (Å²) >= 11 is 7.27. The number of carbonyl (C=O) groups is 1. The molecule has 2 aromatic carbocycles. The van der Waals surface area contributed by atoms with Crippen molar-refractivity contribution in [1.82, 2.24) is 0 Å². The maximum Gasteiger partial charge on any atom is 0.234 e. The van der Waals surface area contributed by atoms with E-state index in [1.807, 2.05) is 18.2 Å². The molecule has 0 unspecified atom stereocenters. The maximum atomic E-state index is 13.0. The lowest BCUT2D eigenvalue weighted by atomic mass is 10.3. The van der Waals surface area contributed by atoms with E-state index < -0.39 is 5.82 Å². The van der Waals surface area contributed by atoms with Crippen molar-refractivity contribution in [3.8, 4) is 11.5 Å². The Hall–Kier alpha value is -1.92. The largest absolute Gasteiger partial charge is 0.490 e. The minimum absolute atomic E-state index is 0.170. The molecular formula is C17H15ClFNO3S. The van der Waals surface area contributed by atoms with Crippen LogP contribution in [-0.2, 0) is 4.79 Å². The van der Waals surface area contributed by atoms with E-state index in [0.29, 0.717) is 24.7 Å². The fourth-order valence-electron chi connectivity index (χ4n) is 2.16. The van der Waals surface area contributed by atoms with Gasteiger partial charge in [-0.1, -0.05) is 11.6 Å². The van der Waals surface area contributed by atoms with E-state index in [1.54, 1.807) is 0 Å². The van der Waals surface area contributed by atoms with E-state index in [1.165, 1.54) is 23.9 Å². The SMILES string of the molecule is O=C(CSc1ccc2c(c1)OCCCO2)Nc1ccc(F)cc1Cl. The second kappa shape index (κ2) is 7.77. The summed E-state index contributed by atoms with van der Waals surface area (Å²) in [5, 5.41) is 2.84. The summed E-state index contributed by atoms with van der Waals surface area (Å²) in [6.07, 6.45) is 0.845. The van der Waals surface area contributed by atoms with Crippen LogP contribution in [0.4, 0.5) is 10.1 Å². The molecule has 0 saturated carbocycles. The third-order valence-corrected chi connectivity index (χ3v) is 4.60. The Kier molecular flexibility index (Phi) is 5.48. The second-order valence-corrected chi connectivity index (χ2v) is 6.58. The van der Waals surface area contributed by atoms with E-state index in [9.17, 15) is 9.18 Å². The molecule has 0 aliphatic carbocycles. The highest BCUT2D eigenvalue weighted by atomic mass is 35.5. The minimum Gasteiger partial charge on any atom is -0.490 e. The summed E-state index contributed by atoms with van der Waals surface area (Å²) < 4.78 is 24.2. The number of benzene rings is 2. The number of rotatable bonds is 4. The molecule has 1 aliphatic heterocycles. The lowest BCUT2D eigenvalue weighted by Gasteiger charge is -2.10. The van der Waals surface area contributed by atoms with E-state index in [0.717, 1.165) is 23.1 Å². The summed E-state index contributed by atoms with van der Waals surface area (Å²) in [4.78, 5) is 12.9. The quantitative estimate of drug-likeness (QED) is 0.815. The number of thioether (sulfide) groups is 1. The molecule has 1 aliphatic rings. The van der Waals surface area contributed by atoms with Crippen molar-refractivity contribution < 1.29 is 18.7 Å². The summed E-state index contributed by atoms with van der Waals surface area (Å²) in [6.45, 7) is 1.25. The molecule has 0 aromatic heterocycles. The number of fused-ring (bicyclic) bond motifs is 1. The standard InChI is InChI=1S/C17H15ClFNO3S/c18-13-8-11(19)2-4-14(13)20-17(21)10-24-12-3-5-15-16(9-12)23-7-1-6-22-15/h2-5,8-9H,1,6-7,10H2,(H,20,21). The van der Waals surface area contributed by atoms with Gasteiger partial charge in [0.1, 0.15) is 5.82 Å². The summed E-state index contributed by atoms with van der Waals surface area (Å²) in [5.74, 6) is 0.951. The number of hydrogen-bond donors (Lipinski definition) is 1. The first-order chi connectivity index (χ1) is 11.6. The highest BCUT2D eigenvalue weighted by molar-refractivity contribution is 8.00. The van der Waals surface area contributed by atoms with Crippen LogP contribution in [0.5, 0.6) is 11.5 Å². The molecule has 1 N–H and O–H groups in total. The van der Waals surface area contributed by atoms with Gasteiger partial charge in [0.15, 0.2) is 11.5 Å². The monoisotopic (exact) mass is 367 g/mol. The highest BCUT2D eigenvalue weighted by Crippen LogP contribution is 2.34. The Morgan fingerprint density at radius 1 is 1.17 bits per heavy atom. The molecule has 0 spiro atoms. The van der Waals surface area contributed by atoms with Gasteiger partial charge in [0, 0.05) is 11.3 Å². The van der Waals surface area contributed by atoms with Crippen LogP contribution >= 0.6 is 23.4 Å². The molecular weight excluding hydrogens is 353 g/mol. The first-order valence-electron chi connectivity index (χ1n) is 7.39. The molecule has 2 aromatic rings. The summed E-state index contributed by atoms with van der Waals surface area (Å²) in [6, 6.07) is 9.44. The van der Waals surface area contributed by atoms with Gasteiger partial charge in [-0.25, -0.2) is 4.39 Å². The Balaban J connectivity index is 1.59. The van der Waals surface area contributed by atoms with Gasteiger partial charge in [-0.3, -0.25) is 4.79 Å². The number of halogens is 2. The van der Waals surface area contributed by atoms with Gasteiger partial charge in [-0.15, -0.1) is 11.8 Å². The summed E-state index contributed by atoms with van der Waals surface area (Å²) in [5.41, 5.74) is 0.391. The average Bonchev–Trinajstić information content (AvgIpc) is 2.80. The zero-order chi connectivity index (χ0) is 16.9. The van der Waals surface area contributed by atoms with Crippen LogP contribution in [0.3, 0.4) is 0 Å². The van der Waals surface area contributed by atoms with Crippen molar-refractivity contribution in [2.24, 2.45) is 0 Å². The topological polar surface area (TPSA) is 47.6 Å². The molecule has 4 nitrogen and oxygen atoms in total. The molecule has 0 radical (unpaired) electrons. The second-order valence-electron chi connectivity index (χ2n) is 5.12. The van der Waals surface area contributed by atoms with E-state index in [2.05, 4.69) is 5.32 Å². The van der Waals surface area contributed by atoms with Crippen LogP contribution in [0.1, 0.15) is 6.42 Å². The number of carbonyl (C=O) groups excluding carboxylic acids is 1. The van der Waals surface area contributed by atoms with E-state index in [4.69, 9.17) is 21.1 Å². The van der Waals surface area contributed by atoms with Crippen LogP contribution in [-0.4, -0.2) is 24.9 Å². The molecule has 0 saturated heterocycles. The van der Waals surface area contributed by atoms with Gasteiger partial charge in [-0.2, -0.15) is 0 Å². The molecule has 0 fully saturated rings. The lowest BCUT2D eigenvalue weighted by molar-refractivity contribution is -0.113. The molecule has 126 valence electrons. The van der Waals surface area contributed by atoms with Gasteiger partial charge < -0.3 is 14.8 Å². The zero-order valence-corrected chi connectivity index (χ0v) is 14.3. The van der Waals surface area contributed by atoms with Crippen LogP contribution in [0.2, 0.25) is 5.02 Å². The third-order valence-electron chi connectivity index (χ3n) is 3.29. The van der Waals surface area contributed by atoms with Gasteiger partial charge in [0.25, 0.3) is 0 Å². The Morgan fingerprint density at radius 3 is 2.75 bits per heavy atom. The minimum atomic E-state index is -0.445. The van der Waals surface area contributed by atoms with Crippen LogP contribution in [0.15, 0.2) is 41.3 Å². The van der Waals surface area contributed by atoms with Crippen molar-refractivity contribution in [2.75, 3.05) is 24.3 Å². The Bertz CT molecular complexity index is 757. The summed E-state index contributed by atoms with van der Waals surface area (Å²) in [7, 11) is 0. The van der Waals surface area contributed by atoms with E-state index in [-0.39, 0.29) is 16.7 Å². The first kappa shape index (κ1) is 16.9. The number of ether oxygens (including phenoxy) is 2. The lowest BCUT2D eigenvalue weighted by Crippen LogP contribution is -2.14. The highest BCUT2D eigenvalue weighted by Gasteiger charge is 2.12. The van der Waals surface area contributed by atoms with Gasteiger partial charge in [-0.05, 0) is 36.4 Å². The van der Waals surface area contributed by atoms with Crippen molar-refractivity contribution >= 4 is 35.0 Å². The number of nitrogens with one attached hydrogen (secondary N) is 1.